The van der Waals surface area contributed by atoms with Crippen LogP contribution in [0.1, 0.15) is 50.9 Å². The second kappa shape index (κ2) is 6.93. The minimum Gasteiger partial charge on any atom is -0.476 e. The maximum absolute atomic E-state index is 13.0. The molecular formula is C16H22F3N3O5. The van der Waals surface area contributed by atoms with Gasteiger partial charge in [0.2, 0.25) is 11.5 Å². The summed E-state index contributed by atoms with van der Waals surface area (Å²) in [5.41, 5.74) is -1.87. The molecule has 8 nitrogen and oxygen atoms in total. The Morgan fingerprint density at radius 2 is 1.70 bits per heavy atom. The lowest BCUT2D eigenvalue weighted by molar-refractivity contribution is -0.153. The minimum absolute atomic E-state index is 0.112. The summed E-state index contributed by atoms with van der Waals surface area (Å²) in [6.45, 7) is 8.83. The van der Waals surface area contributed by atoms with Crippen molar-refractivity contribution in [3.8, 4) is 0 Å². The van der Waals surface area contributed by atoms with Gasteiger partial charge in [-0.1, -0.05) is 0 Å². The quantitative estimate of drug-likeness (QED) is 0.824. The SMILES string of the molecule is C[C@@H]1CN(c2nc(C(=O)O)c(C(F)(F)F)o2)C[C@H](C)N1C(=O)OC(C)(C)C. The molecule has 1 aliphatic heterocycles. The van der Waals surface area contributed by atoms with Crippen LogP contribution in [0.15, 0.2) is 4.42 Å². The fourth-order valence-corrected chi connectivity index (χ4v) is 2.93. The number of amides is 1. The number of aromatic nitrogens is 1. The van der Waals surface area contributed by atoms with Gasteiger partial charge in [0.15, 0.2) is 0 Å². The summed E-state index contributed by atoms with van der Waals surface area (Å²) in [6.07, 6.45) is -5.51. The molecule has 27 heavy (non-hydrogen) atoms. The van der Waals surface area contributed by atoms with Gasteiger partial charge in [-0.05, 0) is 34.6 Å². The topological polar surface area (TPSA) is 96.1 Å². The van der Waals surface area contributed by atoms with Gasteiger partial charge in [-0.2, -0.15) is 18.2 Å². The molecule has 1 fully saturated rings. The maximum atomic E-state index is 13.0. The van der Waals surface area contributed by atoms with Gasteiger partial charge in [0.25, 0.3) is 6.01 Å². The summed E-state index contributed by atoms with van der Waals surface area (Å²) in [5.74, 6) is -3.48. The molecule has 0 radical (unpaired) electrons. The predicted octanol–water partition coefficient (Wildman–Crippen LogP) is 3.23. The second-order valence-corrected chi connectivity index (χ2v) is 7.47. The smallest absolute Gasteiger partial charge is 0.452 e. The first-order valence-corrected chi connectivity index (χ1v) is 8.28. The van der Waals surface area contributed by atoms with Crippen LogP contribution in [0.3, 0.4) is 0 Å². The van der Waals surface area contributed by atoms with Crippen molar-refractivity contribution in [2.24, 2.45) is 0 Å². The molecule has 11 heteroatoms. The lowest BCUT2D eigenvalue weighted by atomic mass is 10.1. The number of hydrogen-bond donors (Lipinski definition) is 1. The van der Waals surface area contributed by atoms with Crippen LogP contribution in [-0.2, 0) is 10.9 Å². The highest BCUT2D eigenvalue weighted by Gasteiger charge is 2.44. The van der Waals surface area contributed by atoms with Crippen LogP contribution in [0.2, 0.25) is 0 Å². The normalized spacial score (nSPS) is 21.3. The highest BCUT2D eigenvalue weighted by atomic mass is 19.4. The first kappa shape index (κ1) is 20.8. The van der Waals surface area contributed by atoms with E-state index in [1.165, 1.54) is 9.80 Å². The fourth-order valence-electron chi connectivity index (χ4n) is 2.93. The Morgan fingerprint density at radius 1 is 1.19 bits per heavy atom. The van der Waals surface area contributed by atoms with E-state index in [4.69, 9.17) is 14.3 Å². The van der Waals surface area contributed by atoms with Gasteiger partial charge in [0.1, 0.15) is 5.60 Å². The Kier molecular flexibility index (Phi) is 5.35. The van der Waals surface area contributed by atoms with Crippen molar-refractivity contribution in [1.82, 2.24) is 9.88 Å². The van der Waals surface area contributed by atoms with Gasteiger partial charge in [0.05, 0.1) is 12.1 Å². The number of carbonyl (C=O) groups is 2. The summed E-state index contributed by atoms with van der Waals surface area (Å²) >= 11 is 0. The lowest BCUT2D eigenvalue weighted by Crippen LogP contribution is -2.59. The van der Waals surface area contributed by atoms with E-state index in [2.05, 4.69) is 4.98 Å². The van der Waals surface area contributed by atoms with Crippen molar-refractivity contribution in [1.29, 1.82) is 0 Å². The Labute approximate surface area is 153 Å². The van der Waals surface area contributed by atoms with Crippen molar-refractivity contribution >= 4 is 18.1 Å². The Bertz CT molecular complexity index is 714. The molecule has 1 saturated heterocycles. The van der Waals surface area contributed by atoms with Crippen molar-refractivity contribution in [3.63, 3.8) is 0 Å². The summed E-state index contributed by atoms with van der Waals surface area (Å²) < 4.78 is 49.0. The molecule has 0 saturated carbocycles. The number of anilines is 1. The molecule has 1 aliphatic rings. The third-order valence-corrected chi connectivity index (χ3v) is 3.87. The number of hydrogen-bond acceptors (Lipinski definition) is 6. The summed E-state index contributed by atoms with van der Waals surface area (Å²) in [4.78, 5) is 29.8. The molecule has 2 atom stereocenters. The highest BCUT2D eigenvalue weighted by molar-refractivity contribution is 5.87. The molecule has 2 rings (SSSR count). The molecule has 0 spiro atoms. The van der Waals surface area contributed by atoms with E-state index in [-0.39, 0.29) is 13.1 Å². The molecule has 1 amide bonds. The number of aromatic carboxylic acids is 1. The van der Waals surface area contributed by atoms with Crippen molar-refractivity contribution in [2.75, 3.05) is 18.0 Å². The molecular weight excluding hydrogens is 371 g/mol. The maximum Gasteiger partial charge on any atom is 0.452 e. The van der Waals surface area contributed by atoms with Gasteiger partial charge in [0, 0.05) is 13.1 Å². The van der Waals surface area contributed by atoms with E-state index < -0.39 is 53.4 Å². The Hall–Kier alpha value is -2.46. The van der Waals surface area contributed by atoms with Gasteiger partial charge in [-0.15, -0.1) is 0 Å². The molecule has 1 N–H and O–H groups in total. The van der Waals surface area contributed by atoms with Crippen molar-refractivity contribution < 1.29 is 37.0 Å². The minimum atomic E-state index is -4.98. The van der Waals surface area contributed by atoms with Crippen LogP contribution < -0.4 is 4.90 Å². The number of nitrogens with zero attached hydrogens (tertiary/aromatic N) is 3. The largest absolute Gasteiger partial charge is 0.476 e. The van der Waals surface area contributed by atoms with E-state index >= 15 is 0 Å². The van der Waals surface area contributed by atoms with Crippen LogP contribution >= 0.6 is 0 Å². The average molecular weight is 393 g/mol. The van der Waals surface area contributed by atoms with E-state index in [0.29, 0.717) is 0 Å². The van der Waals surface area contributed by atoms with E-state index in [9.17, 15) is 22.8 Å². The predicted molar refractivity (Wildman–Crippen MR) is 87.7 cm³/mol. The molecule has 0 unspecified atom stereocenters. The second-order valence-electron chi connectivity index (χ2n) is 7.47. The first-order chi connectivity index (χ1) is 12.2. The molecule has 0 aromatic carbocycles. The number of carboxylic acids is 1. The lowest BCUT2D eigenvalue weighted by Gasteiger charge is -2.43. The van der Waals surface area contributed by atoms with Crippen LogP contribution in [0.5, 0.6) is 0 Å². The van der Waals surface area contributed by atoms with Crippen molar-refractivity contribution in [2.45, 2.75) is 58.5 Å². The number of rotatable bonds is 2. The first-order valence-electron chi connectivity index (χ1n) is 8.28. The van der Waals surface area contributed by atoms with E-state index in [1.54, 1.807) is 34.6 Å². The monoisotopic (exact) mass is 393 g/mol. The van der Waals surface area contributed by atoms with E-state index in [1.807, 2.05) is 0 Å². The zero-order valence-corrected chi connectivity index (χ0v) is 15.6. The Balaban J connectivity index is 2.24. The molecule has 1 aromatic rings. The number of alkyl halides is 3. The number of carboxylic acid groups (broad SMARTS) is 1. The molecule has 2 heterocycles. The third-order valence-electron chi connectivity index (χ3n) is 3.87. The van der Waals surface area contributed by atoms with Gasteiger partial charge < -0.3 is 19.2 Å². The highest BCUT2D eigenvalue weighted by Crippen LogP contribution is 2.35. The molecule has 0 aliphatic carbocycles. The van der Waals surface area contributed by atoms with Crippen LogP contribution in [0.25, 0.3) is 0 Å². The summed E-state index contributed by atoms with van der Waals surface area (Å²) in [7, 11) is 0. The van der Waals surface area contributed by atoms with E-state index in [0.717, 1.165) is 0 Å². The number of halogens is 3. The van der Waals surface area contributed by atoms with Gasteiger partial charge in [-0.3, -0.25) is 4.90 Å². The van der Waals surface area contributed by atoms with Gasteiger partial charge in [-0.25, -0.2) is 9.59 Å². The summed E-state index contributed by atoms with van der Waals surface area (Å²) in [5, 5.41) is 8.96. The standard InChI is InChI=1S/C16H22F3N3O5/c1-8-6-21(7-9(2)22(8)14(25)27-15(3,4)5)13-20-10(12(23)24)11(26-13)16(17,18)19/h8-9H,6-7H2,1-5H3,(H,23,24)/t8-,9+. The zero-order chi connectivity index (χ0) is 20.7. The number of ether oxygens (including phenoxy) is 1. The number of oxazole rings is 1. The molecule has 152 valence electrons. The van der Waals surface area contributed by atoms with Crippen LogP contribution in [0, 0.1) is 0 Å². The third kappa shape index (κ3) is 4.64. The Morgan fingerprint density at radius 3 is 2.07 bits per heavy atom. The zero-order valence-electron chi connectivity index (χ0n) is 15.6. The van der Waals surface area contributed by atoms with Crippen molar-refractivity contribution in [3.05, 3.63) is 11.5 Å². The molecule has 1 aromatic heterocycles. The van der Waals surface area contributed by atoms with Crippen LogP contribution in [0.4, 0.5) is 24.0 Å². The molecule has 0 bridgehead atoms. The summed E-state index contributed by atoms with van der Waals surface area (Å²) in [6, 6.07) is -1.28. The average Bonchev–Trinajstić information content (AvgIpc) is 2.89. The number of carbonyl (C=O) groups excluding carboxylic acids is 1. The van der Waals surface area contributed by atoms with Gasteiger partial charge >= 0.3 is 18.2 Å². The number of piperazine rings is 1. The van der Waals surface area contributed by atoms with Crippen LogP contribution in [-0.4, -0.2) is 57.8 Å². The fraction of sp³-hybridized carbons (Fsp3) is 0.688.